The van der Waals surface area contributed by atoms with Crippen LogP contribution in [0.15, 0.2) is 18.2 Å². The number of hydrogen-bond acceptors (Lipinski definition) is 3. The lowest BCUT2D eigenvalue weighted by molar-refractivity contribution is 0.0690. The third-order valence-corrected chi connectivity index (χ3v) is 2.28. The lowest BCUT2D eigenvalue weighted by Gasteiger charge is -2.01. The SMILES string of the molecule is O=C(O)c1nc2cc(Cl)ccc2nc1Cl. The van der Waals surface area contributed by atoms with Crippen molar-refractivity contribution in [2.75, 3.05) is 0 Å². The monoisotopic (exact) mass is 242 g/mol. The van der Waals surface area contributed by atoms with Crippen LogP contribution in [0.25, 0.3) is 11.0 Å². The molecule has 0 spiro atoms. The van der Waals surface area contributed by atoms with Crippen LogP contribution in [0.1, 0.15) is 10.5 Å². The molecule has 2 aromatic rings. The van der Waals surface area contributed by atoms with Crippen LogP contribution in [0.4, 0.5) is 0 Å². The van der Waals surface area contributed by atoms with Crippen LogP contribution in [0, 0.1) is 0 Å². The van der Waals surface area contributed by atoms with Gasteiger partial charge in [-0.15, -0.1) is 0 Å². The molecule has 0 aliphatic carbocycles. The van der Waals surface area contributed by atoms with E-state index in [4.69, 9.17) is 28.3 Å². The highest BCUT2D eigenvalue weighted by Gasteiger charge is 2.13. The fraction of sp³-hybridized carbons (Fsp3) is 0. The number of nitrogens with zero attached hydrogens (tertiary/aromatic N) is 2. The summed E-state index contributed by atoms with van der Waals surface area (Å²) in [5.74, 6) is -1.21. The Bertz CT molecular complexity index is 557. The Labute approximate surface area is 94.5 Å². The second-order valence-electron chi connectivity index (χ2n) is 2.80. The zero-order valence-corrected chi connectivity index (χ0v) is 8.75. The van der Waals surface area contributed by atoms with Crippen LogP contribution in [0.3, 0.4) is 0 Å². The van der Waals surface area contributed by atoms with Crippen molar-refractivity contribution in [3.63, 3.8) is 0 Å². The van der Waals surface area contributed by atoms with Gasteiger partial charge in [0.05, 0.1) is 11.0 Å². The van der Waals surface area contributed by atoms with Crippen molar-refractivity contribution in [2.24, 2.45) is 0 Å². The van der Waals surface area contributed by atoms with E-state index >= 15 is 0 Å². The minimum absolute atomic E-state index is 0.127. The highest BCUT2D eigenvalue weighted by molar-refractivity contribution is 6.33. The molecule has 4 nitrogen and oxygen atoms in total. The minimum atomic E-state index is -1.21. The van der Waals surface area contributed by atoms with Crippen molar-refractivity contribution < 1.29 is 9.90 Å². The standard InChI is InChI=1S/C9H4Cl2N2O2/c10-4-1-2-5-6(3-4)12-7(9(14)15)8(11)13-5/h1-3H,(H,14,15). The van der Waals surface area contributed by atoms with Gasteiger partial charge in [-0.1, -0.05) is 23.2 Å². The first-order valence-electron chi connectivity index (χ1n) is 3.94. The summed E-state index contributed by atoms with van der Waals surface area (Å²) in [5.41, 5.74) is 0.644. The normalized spacial score (nSPS) is 10.5. The van der Waals surface area contributed by atoms with E-state index in [-0.39, 0.29) is 10.8 Å². The maximum Gasteiger partial charge on any atom is 0.357 e. The smallest absolute Gasteiger partial charge is 0.357 e. The zero-order valence-electron chi connectivity index (χ0n) is 7.24. The molecule has 1 N–H and O–H groups in total. The number of benzene rings is 1. The van der Waals surface area contributed by atoms with Crippen molar-refractivity contribution in [1.82, 2.24) is 9.97 Å². The van der Waals surface area contributed by atoms with E-state index in [1.807, 2.05) is 0 Å². The topological polar surface area (TPSA) is 63.1 Å². The molecule has 0 radical (unpaired) electrons. The molecule has 0 saturated heterocycles. The first kappa shape index (κ1) is 10.1. The summed E-state index contributed by atoms with van der Waals surface area (Å²) in [7, 11) is 0. The van der Waals surface area contributed by atoms with Gasteiger partial charge in [0, 0.05) is 5.02 Å². The highest BCUT2D eigenvalue weighted by atomic mass is 35.5. The molecular weight excluding hydrogens is 239 g/mol. The predicted octanol–water partition coefficient (Wildman–Crippen LogP) is 2.63. The predicted molar refractivity (Wildman–Crippen MR) is 56.5 cm³/mol. The summed E-state index contributed by atoms with van der Waals surface area (Å²) < 4.78 is 0. The molecule has 1 aromatic carbocycles. The molecule has 6 heteroatoms. The van der Waals surface area contributed by atoms with Crippen LogP contribution < -0.4 is 0 Å². The van der Waals surface area contributed by atoms with E-state index in [1.165, 1.54) is 6.07 Å². The Morgan fingerprint density at radius 3 is 2.60 bits per heavy atom. The van der Waals surface area contributed by atoms with E-state index < -0.39 is 5.97 Å². The Kier molecular flexibility index (Phi) is 2.46. The molecule has 1 aromatic heterocycles. The van der Waals surface area contributed by atoms with Gasteiger partial charge in [-0.3, -0.25) is 0 Å². The first-order valence-corrected chi connectivity index (χ1v) is 4.69. The molecular formula is C9H4Cl2N2O2. The molecule has 0 aliphatic heterocycles. The fourth-order valence-corrected chi connectivity index (χ4v) is 1.52. The number of aromatic carboxylic acids is 1. The number of carbonyl (C=O) groups is 1. The number of rotatable bonds is 1. The fourth-order valence-electron chi connectivity index (χ4n) is 1.14. The quantitative estimate of drug-likeness (QED) is 0.836. The van der Waals surface area contributed by atoms with Crippen molar-refractivity contribution in [3.05, 3.63) is 34.1 Å². The second kappa shape index (κ2) is 3.64. The van der Waals surface area contributed by atoms with E-state index in [9.17, 15) is 4.79 Å². The van der Waals surface area contributed by atoms with Crippen molar-refractivity contribution >= 4 is 40.2 Å². The van der Waals surface area contributed by atoms with Crippen LogP contribution in [-0.2, 0) is 0 Å². The molecule has 2 rings (SSSR count). The number of hydrogen-bond donors (Lipinski definition) is 1. The van der Waals surface area contributed by atoms with Crippen molar-refractivity contribution in [3.8, 4) is 0 Å². The van der Waals surface area contributed by atoms with Crippen LogP contribution in [0.5, 0.6) is 0 Å². The summed E-state index contributed by atoms with van der Waals surface area (Å²) in [4.78, 5) is 18.5. The number of carboxylic acids is 1. The number of aromatic nitrogens is 2. The van der Waals surface area contributed by atoms with Gasteiger partial charge in [0.2, 0.25) is 0 Å². The third-order valence-electron chi connectivity index (χ3n) is 1.79. The van der Waals surface area contributed by atoms with Crippen molar-refractivity contribution in [1.29, 1.82) is 0 Å². The summed E-state index contributed by atoms with van der Waals surface area (Å²) in [5, 5.41) is 9.12. The Hall–Kier alpha value is -1.39. The molecule has 0 aliphatic rings. The van der Waals surface area contributed by atoms with Gasteiger partial charge in [0.1, 0.15) is 0 Å². The molecule has 0 bridgehead atoms. The average Bonchev–Trinajstić information content (AvgIpc) is 2.17. The number of fused-ring (bicyclic) bond motifs is 1. The van der Waals surface area contributed by atoms with Crippen molar-refractivity contribution in [2.45, 2.75) is 0 Å². The van der Waals surface area contributed by atoms with Gasteiger partial charge in [0.15, 0.2) is 10.8 Å². The largest absolute Gasteiger partial charge is 0.476 e. The Morgan fingerprint density at radius 1 is 1.20 bits per heavy atom. The lowest BCUT2D eigenvalue weighted by Crippen LogP contribution is -2.03. The number of carboxylic acid groups (broad SMARTS) is 1. The first-order chi connectivity index (χ1) is 7.08. The maximum atomic E-state index is 10.7. The van der Waals surface area contributed by atoms with Gasteiger partial charge in [-0.05, 0) is 18.2 Å². The van der Waals surface area contributed by atoms with Gasteiger partial charge in [-0.25, -0.2) is 14.8 Å². The minimum Gasteiger partial charge on any atom is -0.476 e. The zero-order chi connectivity index (χ0) is 11.0. The summed E-state index contributed by atoms with van der Waals surface area (Å²) in [6.45, 7) is 0. The molecule has 15 heavy (non-hydrogen) atoms. The molecule has 0 amide bonds. The Balaban J connectivity index is 2.77. The van der Waals surface area contributed by atoms with Gasteiger partial charge in [-0.2, -0.15) is 0 Å². The van der Waals surface area contributed by atoms with Crippen LogP contribution in [-0.4, -0.2) is 21.0 Å². The Morgan fingerprint density at radius 2 is 1.93 bits per heavy atom. The molecule has 1 heterocycles. The summed E-state index contributed by atoms with van der Waals surface area (Å²) in [6.07, 6.45) is 0. The molecule has 76 valence electrons. The van der Waals surface area contributed by atoms with Gasteiger partial charge in [0.25, 0.3) is 0 Å². The summed E-state index contributed by atoms with van der Waals surface area (Å²) >= 11 is 11.4. The maximum absolute atomic E-state index is 10.7. The molecule has 0 unspecified atom stereocenters. The second-order valence-corrected chi connectivity index (χ2v) is 3.60. The van der Waals surface area contributed by atoms with Gasteiger partial charge >= 0.3 is 5.97 Å². The highest BCUT2D eigenvalue weighted by Crippen LogP contribution is 2.20. The summed E-state index contributed by atoms with van der Waals surface area (Å²) in [6, 6.07) is 4.80. The van der Waals surface area contributed by atoms with E-state index in [1.54, 1.807) is 12.1 Å². The van der Waals surface area contributed by atoms with Crippen LogP contribution >= 0.6 is 23.2 Å². The van der Waals surface area contributed by atoms with E-state index in [2.05, 4.69) is 9.97 Å². The van der Waals surface area contributed by atoms with E-state index in [0.717, 1.165) is 0 Å². The lowest BCUT2D eigenvalue weighted by atomic mass is 10.3. The molecule has 0 atom stereocenters. The van der Waals surface area contributed by atoms with Gasteiger partial charge < -0.3 is 5.11 Å². The average molecular weight is 243 g/mol. The van der Waals surface area contributed by atoms with Crippen LogP contribution in [0.2, 0.25) is 10.2 Å². The third kappa shape index (κ3) is 1.86. The molecule has 0 fully saturated rings. The van der Waals surface area contributed by atoms with E-state index in [0.29, 0.717) is 16.1 Å². The molecule has 0 saturated carbocycles. The number of halogens is 2.